The van der Waals surface area contributed by atoms with Gasteiger partial charge in [0.15, 0.2) is 5.78 Å². The van der Waals surface area contributed by atoms with Gasteiger partial charge in [-0.05, 0) is 48.0 Å². The number of benzene rings is 1. The SMILES string of the molecule is CC1=C(C(=O)C=Cc2cccc(C(F)(F)F)c2)C(C)n2nnnc2N1. The van der Waals surface area contributed by atoms with E-state index in [1.54, 1.807) is 13.8 Å². The number of aromatic nitrogens is 4. The molecule has 0 spiro atoms. The normalized spacial score (nSPS) is 17.6. The third kappa shape index (κ3) is 3.30. The van der Waals surface area contributed by atoms with Gasteiger partial charge in [0.25, 0.3) is 0 Å². The molecule has 0 fully saturated rings. The molecule has 6 nitrogen and oxygen atoms in total. The molecule has 130 valence electrons. The molecule has 0 saturated carbocycles. The van der Waals surface area contributed by atoms with Crippen molar-refractivity contribution in [3.05, 3.63) is 52.7 Å². The minimum Gasteiger partial charge on any atom is -0.327 e. The lowest BCUT2D eigenvalue weighted by molar-refractivity contribution is -0.137. The number of ketones is 1. The molecule has 25 heavy (non-hydrogen) atoms. The molecule has 1 aromatic heterocycles. The molecular weight excluding hydrogens is 335 g/mol. The van der Waals surface area contributed by atoms with Crippen LogP contribution in [0, 0.1) is 0 Å². The van der Waals surface area contributed by atoms with Gasteiger partial charge >= 0.3 is 6.18 Å². The average Bonchev–Trinajstić information content (AvgIpc) is 3.01. The molecule has 0 radical (unpaired) electrons. The van der Waals surface area contributed by atoms with E-state index in [1.807, 2.05) is 0 Å². The number of hydrogen-bond donors (Lipinski definition) is 1. The molecule has 1 atom stereocenters. The van der Waals surface area contributed by atoms with Crippen molar-refractivity contribution in [1.82, 2.24) is 20.2 Å². The summed E-state index contributed by atoms with van der Waals surface area (Å²) < 4.78 is 39.7. The van der Waals surface area contributed by atoms with Crippen LogP contribution in [-0.4, -0.2) is 26.0 Å². The van der Waals surface area contributed by atoms with Crippen molar-refractivity contribution in [3.8, 4) is 0 Å². The zero-order chi connectivity index (χ0) is 18.2. The third-order valence-corrected chi connectivity index (χ3v) is 3.89. The first-order valence-corrected chi connectivity index (χ1v) is 7.42. The van der Waals surface area contributed by atoms with E-state index in [2.05, 4.69) is 20.8 Å². The fourth-order valence-electron chi connectivity index (χ4n) is 2.68. The van der Waals surface area contributed by atoms with Crippen LogP contribution in [0.2, 0.25) is 0 Å². The van der Waals surface area contributed by atoms with E-state index in [0.29, 0.717) is 22.8 Å². The van der Waals surface area contributed by atoms with Gasteiger partial charge in [-0.15, -0.1) is 0 Å². The Labute approximate surface area is 141 Å². The fraction of sp³-hybridized carbons (Fsp3) is 0.250. The number of rotatable bonds is 3. The van der Waals surface area contributed by atoms with Gasteiger partial charge in [-0.25, -0.2) is 4.68 Å². The number of allylic oxidation sites excluding steroid dienone is 3. The van der Waals surface area contributed by atoms with Crippen LogP contribution in [-0.2, 0) is 11.0 Å². The summed E-state index contributed by atoms with van der Waals surface area (Å²) in [6.07, 6.45) is -1.81. The Morgan fingerprint density at radius 3 is 2.84 bits per heavy atom. The summed E-state index contributed by atoms with van der Waals surface area (Å²) in [7, 11) is 0. The summed E-state index contributed by atoms with van der Waals surface area (Å²) in [5, 5.41) is 14.1. The van der Waals surface area contributed by atoms with Crippen LogP contribution >= 0.6 is 0 Å². The number of nitrogens with zero attached hydrogens (tertiary/aromatic N) is 4. The molecule has 2 aromatic rings. The summed E-state index contributed by atoms with van der Waals surface area (Å²) in [6.45, 7) is 3.50. The topological polar surface area (TPSA) is 72.7 Å². The number of fused-ring (bicyclic) bond motifs is 1. The number of alkyl halides is 3. The molecule has 1 aromatic carbocycles. The van der Waals surface area contributed by atoms with Gasteiger partial charge in [0, 0.05) is 11.3 Å². The molecule has 1 aliphatic rings. The first-order chi connectivity index (χ1) is 11.8. The lowest BCUT2D eigenvalue weighted by Crippen LogP contribution is -2.25. The van der Waals surface area contributed by atoms with Crippen molar-refractivity contribution in [2.24, 2.45) is 0 Å². The van der Waals surface area contributed by atoms with Crippen LogP contribution in [0.3, 0.4) is 0 Å². The Morgan fingerprint density at radius 2 is 2.12 bits per heavy atom. The van der Waals surface area contributed by atoms with Gasteiger partial charge in [-0.1, -0.05) is 23.3 Å². The predicted octanol–water partition coefficient (Wildman–Crippen LogP) is 3.23. The van der Waals surface area contributed by atoms with Crippen LogP contribution in [0.25, 0.3) is 6.08 Å². The highest BCUT2D eigenvalue weighted by atomic mass is 19.4. The summed E-state index contributed by atoms with van der Waals surface area (Å²) in [5.41, 5.74) is 0.584. The van der Waals surface area contributed by atoms with E-state index in [0.717, 1.165) is 12.1 Å². The van der Waals surface area contributed by atoms with E-state index in [1.165, 1.54) is 29.0 Å². The third-order valence-electron chi connectivity index (χ3n) is 3.89. The number of carbonyl (C=O) groups is 1. The molecule has 0 amide bonds. The number of hydrogen-bond acceptors (Lipinski definition) is 5. The van der Waals surface area contributed by atoms with Gasteiger partial charge in [0.2, 0.25) is 5.95 Å². The van der Waals surface area contributed by atoms with E-state index in [9.17, 15) is 18.0 Å². The number of nitrogens with one attached hydrogen (secondary N) is 1. The lowest BCUT2D eigenvalue weighted by Gasteiger charge is -2.23. The lowest BCUT2D eigenvalue weighted by atomic mass is 9.99. The number of tetrazole rings is 1. The van der Waals surface area contributed by atoms with Gasteiger partial charge in [-0.3, -0.25) is 4.79 Å². The maximum absolute atomic E-state index is 12.7. The molecule has 9 heteroatoms. The first-order valence-electron chi connectivity index (χ1n) is 7.42. The summed E-state index contributed by atoms with van der Waals surface area (Å²) in [6, 6.07) is 4.40. The average molecular weight is 349 g/mol. The van der Waals surface area contributed by atoms with Crippen LogP contribution < -0.4 is 5.32 Å². The Morgan fingerprint density at radius 1 is 1.36 bits per heavy atom. The van der Waals surface area contributed by atoms with E-state index in [4.69, 9.17) is 0 Å². The minimum atomic E-state index is -4.43. The zero-order valence-electron chi connectivity index (χ0n) is 13.4. The summed E-state index contributed by atoms with van der Waals surface area (Å²) >= 11 is 0. The Bertz CT molecular complexity index is 882. The number of carbonyl (C=O) groups excluding carboxylic acids is 1. The van der Waals surface area contributed by atoms with Gasteiger partial charge in [-0.2, -0.15) is 13.2 Å². The van der Waals surface area contributed by atoms with E-state index in [-0.39, 0.29) is 11.8 Å². The monoisotopic (exact) mass is 349 g/mol. The standard InChI is InChI=1S/C16H14F3N5O/c1-9-14(10(2)24-15(20-9)21-22-23-24)13(25)7-6-11-4-3-5-12(8-11)16(17,18)19/h3-8,10H,1-2H3,(H,20,21,23). The van der Waals surface area contributed by atoms with Crippen molar-refractivity contribution in [1.29, 1.82) is 0 Å². The minimum absolute atomic E-state index is 0.293. The zero-order valence-corrected chi connectivity index (χ0v) is 13.4. The maximum Gasteiger partial charge on any atom is 0.416 e. The molecule has 0 bridgehead atoms. The Hall–Kier alpha value is -2.97. The molecule has 1 unspecified atom stereocenters. The quantitative estimate of drug-likeness (QED) is 0.862. The van der Waals surface area contributed by atoms with E-state index < -0.39 is 11.7 Å². The smallest absolute Gasteiger partial charge is 0.327 e. The first kappa shape index (κ1) is 16.9. The maximum atomic E-state index is 12.7. The van der Waals surface area contributed by atoms with E-state index >= 15 is 0 Å². The second kappa shape index (κ2) is 6.15. The van der Waals surface area contributed by atoms with Crippen molar-refractivity contribution >= 4 is 17.8 Å². The van der Waals surface area contributed by atoms with Gasteiger partial charge in [0.1, 0.15) is 0 Å². The summed E-state index contributed by atoms with van der Waals surface area (Å²) in [4.78, 5) is 12.5. The largest absolute Gasteiger partial charge is 0.416 e. The second-order valence-corrected chi connectivity index (χ2v) is 5.61. The highest BCUT2D eigenvalue weighted by Gasteiger charge is 2.30. The molecular formula is C16H14F3N5O. The Kier molecular flexibility index (Phi) is 4.15. The van der Waals surface area contributed by atoms with Crippen molar-refractivity contribution in [2.75, 3.05) is 5.32 Å². The number of anilines is 1. The van der Waals surface area contributed by atoms with Crippen LogP contribution in [0.1, 0.15) is 31.0 Å². The predicted molar refractivity (Wildman–Crippen MR) is 84.3 cm³/mol. The van der Waals surface area contributed by atoms with Crippen LogP contribution in [0.5, 0.6) is 0 Å². The molecule has 0 saturated heterocycles. The Balaban J connectivity index is 1.84. The van der Waals surface area contributed by atoms with Crippen molar-refractivity contribution < 1.29 is 18.0 Å². The number of halogens is 3. The van der Waals surface area contributed by atoms with Gasteiger partial charge < -0.3 is 5.32 Å². The van der Waals surface area contributed by atoms with Crippen LogP contribution in [0.4, 0.5) is 19.1 Å². The second-order valence-electron chi connectivity index (χ2n) is 5.61. The summed E-state index contributed by atoms with van der Waals surface area (Å²) in [5.74, 6) is 0.111. The van der Waals surface area contributed by atoms with Crippen LogP contribution in [0.15, 0.2) is 41.6 Å². The van der Waals surface area contributed by atoms with Crippen molar-refractivity contribution in [2.45, 2.75) is 26.1 Å². The van der Waals surface area contributed by atoms with Gasteiger partial charge in [0.05, 0.1) is 11.6 Å². The molecule has 3 rings (SSSR count). The molecule has 1 aliphatic heterocycles. The fourth-order valence-corrected chi connectivity index (χ4v) is 2.68. The highest BCUT2D eigenvalue weighted by molar-refractivity contribution is 6.07. The molecule has 1 N–H and O–H groups in total. The molecule has 0 aliphatic carbocycles. The highest BCUT2D eigenvalue weighted by Crippen LogP contribution is 2.31. The molecule has 2 heterocycles. The van der Waals surface area contributed by atoms with Crippen molar-refractivity contribution in [3.63, 3.8) is 0 Å².